The van der Waals surface area contributed by atoms with E-state index < -0.39 is 24.1 Å². The number of anilines is 2. The van der Waals surface area contributed by atoms with E-state index in [-0.39, 0.29) is 41.3 Å². The predicted molar refractivity (Wildman–Crippen MR) is 226 cm³/mol. The van der Waals surface area contributed by atoms with Crippen molar-refractivity contribution in [3.63, 3.8) is 0 Å². The van der Waals surface area contributed by atoms with Gasteiger partial charge >= 0.3 is 0 Å². The Labute approximate surface area is 360 Å². The van der Waals surface area contributed by atoms with Crippen LogP contribution in [0.4, 0.5) is 20.3 Å². The molecule has 63 heavy (non-hydrogen) atoms. The number of nitrogens with one attached hydrogen (secondary N) is 2. The Hall–Kier alpha value is -6.08. The molecule has 328 valence electrons. The number of amides is 3. The number of hydrogen-bond acceptors (Lipinski definition) is 11. The monoisotopic (exact) mass is 861 g/mol. The van der Waals surface area contributed by atoms with Gasteiger partial charge < -0.3 is 19.9 Å². The van der Waals surface area contributed by atoms with Crippen LogP contribution in [0.15, 0.2) is 61.4 Å². The number of ether oxygens (including phenoxy) is 1. The molecular weight excluding hydrogens is 813 g/mol. The molecule has 2 N–H and O–H groups in total. The molecular formula is C44H49F2N13O4. The number of nitrogens with zero attached hydrogens (tertiary/aromatic N) is 11. The standard InChI is InChI=1S/C44H49F2N13O4/c45-41(46)40-35(50-43(61)34-19-48-57-15-12-38(51-42(34)57)56-23-31-16-30(56)25-63-31)24-58(53-40)29-6-4-26(5-7-29)20-54-13-10-27(11-14-54)21-55-22-28(17-47-55)32-2-1-3-36-33(32)18-49-59(36)37-8-9-39(60)52-44(37)62/h1-3,12,15,17-19,22,24,26-27,29-31,37,41H,4-11,13-14,16,20-21,23,25H2,(H,50,61)(H,52,60,62)/t26?,29?,30-,31-,37?/m1/s1. The number of halogens is 2. The number of fused-ring (bicyclic) bond motifs is 4. The number of rotatable bonds is 11. The third kappa shape index (κ3) is 7.64. The second-order valence-corrected chi connectivity index (χ2v) is 17.9. The minimum absolute atomic E-state index is 0.00670. The number of piperidine rings is 2. The summed E-state index contributed by atoms with van der Waals surface area (Å²) in [5, 5.41) is 24.0. The van der Waals surface area contributed by atoms with Crippen LogP contribution in [0.5, 0.6) is 0 Å². The Morgan fingerprint density at radius 2 is 1.76 bits per heavy atom. The summed E-state index contributed by atoms with van der Waals surface area (Å²) < 4.78 is 41.3. The lowest BCUT2D eigenvalue weighted by atomic mass is 9.85. The zero-order valence-corrected chi connectivity index (χ0v) is 34.7. The number of imide groups is 1. The third-order valence-electron chi connectivity index (χ3n) is 14.0. The van der Waals surface area contributed by atoms with Gasteiger partial charge in [-0.05, 0) is 94.0 Å². The number of carbonyl (C=O) groups excluding carboxylic acids is 3. The average molecular weight is 862 g/mol. The molecule has 3 atom stereocenters. The Morgan fingerprint density at radius 3 is 2.54 bits per heavy atom. The highest BCUT2D eigenvalue weighted by Crippen LogP contribution is 2.37. The molecule has 1 saturated carbocycles. The molecule has 5 aromatic heterocycles. The summed E-state index contributed by atoms with van der Waals surface area (Å²) in [6.45, 7) is 5.29. The van der Waals surface area contributed by atoms with E-state index in [2.05, 4.69) is 41.9 Å². The molecule has 19 heteroatoms. The van der Waals surface area contributed by atoms with E-state index in [1.165, 1.54) is 10.7 Å². The number of benzene rings is 1. The van der Waals surface area contributed by atoms with Gasteiger partial charge in [-0.3, -0.25) is 33.7 Å². The molecule has 0 spiro atoms. The fourth-order valence-electron chi connectivity index (χ4n) is 10.6. The van der Waals surface area contributed by atoms with Gasteiger partial charge in [0, 0.05) is 55.6 Å². The summed E-state index contributed by atoms with van der Waals surface area (Å²) in [7, 11) is 0. The minimum atomic E-state index is -2.85. The van der Waals surface area contributed by atoms with Crippen LogP contribution in [0.2, 0.25) is 0 Å². The van der Waals surface area contributed by atoms with E-state index in [4.69, 9.17) is 14.8 Å². The SMILES string of the molecule is O=C1CCC(n2ncc3c(-c4cnn(CC5CCN(CC6CCC(n7cc(NC(=O)c8cnn9ccc(N%10C[C@H]%11C[C@@H]%10CO%11)nc89)c(C(F)F)n7)CC6)CC5)c4)cccc32)C(=O)N1. The van der Waals surface area contributed by atoms with E-state index in [0.29, 0.717) is 36.9 Å². The molecule has 2 bridgehead atoms. The molecule has 5 aliphatic rings. The van der Waals surface area contributed by atoms with Crippen LogP contribution in [0.25, 0.3) is 27.7 Å². The van der Waals surface area contributed by atoms with Gasteiger partial charge in [-0.2, -0.15) is 20.4 Å². The van der Waals surface area contributed by atoms with E-state index in [1.54, 1.807) is 28.0 Å². The number of likely N-dealkylation sites (tertiary alicyclic amines) is 1. The zero-order chi connectivity index (χ0) is 42.8. The van der Waals surface area contributed by atoms with Gasteiger partial charge in [-0.15, -0.1) is 0 Å². The number of aromatic nitrogens is 9. The molecule has 1 aliphatic carbocycles. The van der Waals surface area contributed by atoms with Gasteiger partial charge in [-0.1, -0.05) is 12.1 Å². The van der Waals surface area contributed by atoms with Gasteiger partial charge in [0.05, 0.1) is 54.6 Å². The second kappa shape index (κ2) is 16.2. The highest BCUT2D eigenvalue weighted by atomic mass is 19.3. The van der Waals surface area contributed by atoms with Crippen LogP contribution >= 0.6 is 0 Å². The molecule has 5 fully saturated rings. The third-order valence-corrected chi connectivity index (χ3v) is 14.0. The lowest BCUT2D eigenvalue weighted by Gasteiger charge is -2.36. The van der Waals surface area contributed by atoms with Gasteiger partial charge in [0.1, 0.15) is 17.4 Å². The van der Waals surface area contributed by atoms with E-state index >= 15 is 0 Å². The molecule has 11 rings (SSSR count). The quantitative estimate of drug-likeness (QED) is 0.159. The van der Waals surface area contributed by atoms with Crippen molar-refractivity contribution < 1.29 is 27.9 Å². The molecule has 6 aromatic rings. The first-order valence-corrected chi connectivity index (χ1v) is 22.2. The van der Waals surface area contributed by atoms with Crippen LogP contribution < -0.4 is 15.5 Å². The summed E-state index contributed by atoms with van der Waals surface area (Å²) in [5.41, 5.74) is 2.98. The number of hydrogen-bond donors (Lipinski definition) is 2. The van der Waals surface area contributed by atoms with E-state index in [1.807, 2.05) is 35.1 Å². The van der Waals surface area contributed by atoms with Crippen LogP contribution in [-0.4, -0.2) is 111 Å². The van der Waals surface area contributed by atoms with Crippen LogP contribution in [0.1, 0.15) is 92.3 Å². The normalized spacial score (nSPS) is 24.6. The first-order valence-electron chi connectivity index (χ1n) is 22.2. The largest absolute Gasteiger partial charge is 0.374 e. The smallest absolute Gasteiger partial charge is 0.284 e. The van der Waals surface area contributed by atoms with Crippen molar-refractivity contribution in [3.05, 3.63) is 72.7 Å². The van der Waals surface area contributed by atoms with Crippen molar-refractivity contribution in [1.29, 1.82) is 0 Å². The predicted octanol–water partition coefficient (Wildman–Crippen LogP) is 5.43. The van der Waals surface area contributed by atoms with E-state index in [9.17, 15) is 23.2 Å². The first-order chi connectivity index (χ1) is 30.7. The maximum atomic E-state index is 14.3. The average Bonchev–Trinajstić information content (AvgIpc) is 4.16. The fourth-order valence-corrected chi connectivity index (χ4v) is 10.6. The molecule has 3 amide bonds. The van der Waals surface area contributed by atoms with Crippen molar-refractivity contribution in [2.45, 2.75) is 95.0 Å². The molecule has 0 radical (unpaired) electrons. The topological polar surface area (TPSA) is 175 Å². The first kappa shape index (κ1) is 39.7. The van der Waals surface area contributed by atoms with Crippen LogP contribution in [0, 0.1) is 11.8 Å². The van der Waals surface area contributed by atoms with E-state index in [0.717, 1.165) is 106 Å². The second-order valence-electron chi connectivity index (χ2n) is 17.9. The maximum Gasteiger partial charge on any atom is 0.284 e. The fraction of sp³-hybridized carbons (Fsp3) is 0.500. The molecule has 17 nitrogen and oxygen atoms in total. The summed E-state index contributed by atoms with van der Waals surface area (Å²) in [4.78, 5) is 47.3. The summed E-state index contributed by atoms with van der Waals surface area (Å²) in [6.07, 6.45) is 15.3. The van der Waals surface area contributed by atoms with Gasteiger partial charge in [0.2, 0.25) is 5.91 Å². The number of carbonyl (C=O) groups is 3. The summed E-state index contributed by atoms with van der Waals surface area (Å²) in [5.74, 6) is 0.644. The Kier molecular flexibility index (Phi) is 10.2. The lowest BCUT2D eigenvalue weighted by Crippen LogP contribution is -2.42. The zero-order valence-electron chi connectivity index (χ0n) is 34.7. The minimum Gasteiger partial charge on any atom is -0.374 e. The van der Waals surface area contributed by atoms with Crippen molar-refractivity contribution in [3.8, 4) is 11.1 Å². The van der Waals surface area contributed by atoms with Crippen LogP contribution in [0.3, 0.4) is 0 Å². The van der Waals surface area contributed by atoms with Gasteiger partial charge in [0.15, 0.2) is 11.3 Å². The number of morpholine rings is 1. The summed E-state index contributed by atoms with van der Waals surface area (Å²) in [6, 6.07) is 7.54. The molecule has 4 saturated heterocycles. The summed E-state index contributed by atoms with van der Waals surface area (Å²) >= 11 is 0. The highest BCUT2D eigenvalue weighted by molar-refractivity contribution is 6.08. The molecule has 9 heterocycles. The Bertz CT molecular complexity index is 2690. The van der Waals surface area contributed by atoms with Crippen molar-refractivity contribution in [1.82, 2.24) is 54.2 Å². The Morgan fingerprint density at radius 1 is 0.921 bits per heavy atom. The van der Waals surface area contributed by atoms with Crippen molar-refractivity contribution in [2.75, 3.05) is 43.0 Å². The van der Waals surface area contributed by atoms with Gasteiger partial charge in [-0.25, -0.2) is 18.3 Å². The van der Waals surface area contributed by atoms with Crippen molar-refractivity contribution in [2.24, 2.45) is 11.8 Å². The number of alkyl halides is 2. The lowest BCUT2D eigenvalue weighted by molar-refractivity contribution is -0.135. The molecule has 4 aliphatic heterocycles. The maximum absolute atomic E-state index is 14.3. The van der Waals surface area contributed by atoms with Gasteiger partial charge in [0.25, 0.3) is 18.2 Å². The highest BCUT2D eigenvalue weighted by Gasteiger charge is 2.40. The molecule has 1 aromatic carbocycles. The Balaban J connectivity index is 0.668. The molecule has 1 unspecified atom stereocenters. The van der Waals surface area contributed by atoms with Crippen LogP contribution in [-0.2, 0) is 20.9 Å². The van der Waals surface area contributed by atoms with Crippen molar-refractivity contribution >= 4 is 45.8 Å².